The number of aliphatic hydroxyl groups excluding tert-OH is 1. The van der Waals surface area contributed by atoms with Gasteiger partial charge in [-0.2, -0.15) is 0 Å². The Morgan fingerprint density at radius 2 is 0.949 bits per heavy atom. The second kappa shape index (κ2) is 31.2. The van der Waals surface area contributed by atoms with E-state index in [1.165, 1.54) is 109 Å². The van der Waals surface area contributed by atoms with Gasteiger partial charge in [0.25, 0.3) is 0 Å². The minimum absolute atomic E-state index is 0.0640. The van der Waals surface area contributed by atoms with Crippen molar-refractivity contribution in [3.8, 4) is 0 Å². The predicted octanol–water partition coefficient (Wildman–Crippen LogP) is 9.78. The Kier molecular flexibility index (Phi) is 30.1. The van der Waals surface area contributed by atoms with E-state index in [0.717, 1.165) is 38.5 Å². The minimum Gasteiger partial charge on any atom is -0.462 e. The molecule has 1 atom stereocenters. The molecule has 5 nitrogen and oxygen atoms in total. The Balaban J connectivity index is 3.57. The summed E-state index contributed by atoms with van der Waals surface area (Å²) >= 11 is 0. The molecule has 0 rings (SSSR count). The molecule has 0 heterocycles. The number of carbonyl (C=O) groups excluding carboxylic acids is 2. The van der Waals surface area contributed by atoms with Gasteiger partial charge in [-0.05, 0) is 38.5 Å². The van der Waals surface area contributed by atoms with Crippen molar-refractivity contribution in [3.05, 3.63) is 12.2 Å². The zero-order chi connectivity index (χ0) is 28.7. The molecular formula is C34H64O5. The van der Waals surface area contributed by atoms with Crippen LogP contribution >= 0.6 is 0 Å². The number of hydrogen-bond acceptors (Lipinski definition) is 5. The second-order valence-corrected chi connectivity index (χ2v) is 11.2. The molecule has 0 saturated heterocycles. The van der Waals surface area contributed by atoms with Gasteiger partial charge in [0, 0.05) is 12.8 Å². The van der Waals surface area contributed by atoms with Crippen molar-refractivity contribution in [2.45, 2.75) is 180 Å². The van der Waals surface area contributed by atoms with Gasteiger partial charge in [0.15, 0.2) is 6.10 Å². The smallest absolute Gasteiger partial charge is 0.306 e. The lowest BCUT2D eigenvalue weighted by Crippen LogP contribution is -2.28. The average molecular weight is 553 g/mol. The summed E-state index contributed by atoms with van der Waals surface area (Å²) in [7, 11) is 0. The quantitative estimate of drug-likeness (QED) is 0.0545. The monoisotopic (exact) mass is 552 g/mol. The van der Waals surface area contributed by atoms with E-state index in [0.29, 0.717) is 12.8 Å². The van der Waals surface area contributed by atoms with E-state index in [4.69, 9.17) is 9.47 Å². The number of allylic oxidation sites excluding steroid dienone is 2. The highest BCUT2D eigenvalue weighted by molar-refractivity contribution is 5.70. The molecule has 1 N–H and O–H groups in total. The lowest BCUT2D eigenvalue weighted by atomic mass is 10.0. The SMILES string of the molecule is CCCCC/C=C\CCCCCCCCC(=O)OCC(CO)OC(=O)CCCCCCCCCCCCCC. The van der Waals surface area contributed by atoms with Crippen LogP contribution in [0.25, 0.3) is 0 Å². The molecule has 0 aliphatic rings. The molecule has 39 heavy (non-hydrogen) atoms. The normalized spacial score (nSPS) is 12.2. The predicted molar refractivity (Wildman–Crippen MR) is 164 cm³/mol. The number of esters is 2. The van der Waals surface area contributed by atoms with E-state index in [9.17, 15) is 14.7 Å². The highest BCUT2D eigenvalue weighted by atomic mass is 16.6. The number of unbranched alkanes of at least 4 members (excludes halogenated alkanes) is 20. The maximum atomic E-state index is 12.1. The summed E-state index contributed by atoms with van der Waals surface area (Å²) < 4.78 is 10.5. The van der Waals surface area contributed by atoms with Gasteiger partial charge in [0.05, 0.1) is 6.61 Å². The summed E-state index contributed by atoms with van der Waals surface area (Å²) in [6.45, 7) is 4.10. The van der Waals surface area contributed by atoms with E-state index in [1.54, 1.807) is 0 Å². The van der Waals surface area contributed by atoms with Crippen molar-refractivity contribution in [3.63, 3.8) is 0 Å². The zero-order valence-corrected chi connectivity index (χ0v) is 25.9. The van der Waals surface area contributed by atoms with Crippen LogP contribution in [0.3, 0.4) is 0 Å². The first-order valence-electron chi connectivity index (χ1n) is 16.7. The maximum absolute atomic E-state index is 12.1. The molecule has 0 aromatic carbocycles. The molecule has 0 aliphatic heterocycles. The van der Waals surface area contributed by atoms with E-state index in [1.807, 2.05) is 0 Å². The van der Waals surface area contributed by atoms with Crippen LogP contribution in [0, 0.1) is 0 Å². The van der Waals surface area contributed by atoms with Crippen LogP contribution in [-0.4, -0.2) is 36.4 Å². The lowest BCUT2D eigenvalue weighted by molar-refractivity contribution is -0.161. The Morgan fingerprint density at radius 3 is 1.44 bits per heavy atom. The fourth-order valence-corrected chi connectivity index (χ4v) is 4.72. The van der Waals surface area contributed by atoms with Crippen molar-refractivity contribution >= 4 is 11.9 Å². The van der Waals surface area contributed by atoms with Crippen LogP contribution in [0.2, 0.25) is 0 Å². The molecule has 0 aromatic heterocycles. The Morgan fingerprint density at radius 1 is 0.564 bits per heavy atom. The molecule has 0 aliphatic carbocycles. The molecule has 1 unspecified atom stereocenters. The van der Waals surface area contributed by atoms with Gasteiger partial charge in [-0.1, -0.05) is 135 Å². The average Bonchev–Trinajstić information content (AvgIpc) is 2.94. The van der Waals surface area contributed by atoms with Crippen LogP contribution < -0.4 is 0 Å². The molecule has 0 bridgehead atoms. The van der Waals surface area contributed by atoms with Gasteiger partial charge in [-0.15, -0.1) is 0 Å². The van der Waals surface area contributed by atoms with Crippen LogP contribution in [0.1, 0.15) is 174 Å². The van der Waals surface area contributed by atoms with Gasteiger partial charge < -0.3 is 14.6 Å². The molecule has 0 amide bonds. The molecule has 5 heteroatoms. The minimum atomic E-state index is -0.764. The van der Waals surface area contributed by atoms with Crippen molar-refractivity contribution in [1.29, 1.82) is 0 Å². The molecule has 0 aromatic rings. The summed E-state index contributed by atoms with van der Waals surface area (Å²) in [4.78, 5) is 24.1. The van der Waals surface area contributed by atoms with Crippen molar-refractivity contribution < 1.29 is 24.2 Å². The number of ether oxygens (including phenoxy) is 2. The van der Waals surface area contributed by atoms with Crippen molar-refractivity contribution in [2.24, 2.45) is 0 Å². The third kappa shape index (κ3) is 29.4. The molecule has 0 spiro atoms. The van der Waals surface area contributed by atoms with Gasteiger partial charge in [0.1, 0.15) is 6.61 Å². The van der Waals surface area contributed by atoms with Crippen LogP contribution in [0.4, 0.5) is 0 Å². The summed E-state index contributed by atoms with van der Waals surface area (Å²) in [6.07, 6.45) is 32.6. The Bertz CT molecular complexity index is 560. The summed E-state index contributed by atoms with van der Waals surface area (Å²) in [5.74, 6) is -0.595. The number of rotatable bonds is 30. The highest BCUT2D eigenvalue weighted by Gasteiger charge is 2.16. The molecule has 230 valence electrons. The molecule has 0 radical (unpaired) electrons. The van der Waals surface area contributed by atoms with Gasteiger partial charge >= 0.3 is 11.9 Å². The largest absolute Gasteiger partial charge is 0.462 e. The molecule has 0 fully saturated rings. The summed E-state index contributed by atoms with van der Waals surface area (Å²) in [5, 5.41) is 9.49. The fourth-order valence-electron chi connectivity index (χ4n) is 4.72. The molecular weight excluding hydrogens is 488 g/mol. The Labute approximate surface area is 241 Å². The maximum Gasteiger partial charge on any atom is 0.306 e. The van der Waals surface area contributed by atoms with E-state index >= 15 is 0 Å². The van der Waals surface area contributed by atoms with Crippen LogP contribution in [-0.2, 0) is 19.1 Å². The first-order valence-corrected chi connectivity index (χ1v) is 16.7. The van der Waals surface area contributed by atoms with E-state index < -0.39 is 6.10 Å². The number of aliphatic hydroxyl groups is 1. The van der Waals surface area contributed by atoms with Crippen LogP contribution in [0.5, 0.6) is 0 Å². The standard InChI is InChI=1S/C34H64O5/c1-3-5-7-9-11-13-15-17-19-20-22-24-26-28-33(36)38-31-32(30-35)39-34(37)29-27-25-23-21-18-16-14-12-10-8-6-4-2/h11,13,32,35H,3-10,12,14-31H2,1-2H3/b13-11-. The van der Waals surface area contributed by atoms with Crippen molar-refractivity contribution in [2.75, 3.05) is 13.2 Å². The van der Waals surface area contributed by atoms with Gasteiger partial charge in [-0.25, -0.2) is 0 Å². The second-order valence-electron chi connectivity index (χ2n) is 11.2. The Hall–Kier alpha value is -1.36. The van der Waals surface area contributed by atoms with Gasteiger partial charge in [0.2, 0.25) is 0 Å². The van der Waals surface area contributed by atoms with E-state index in [-0.39, 0.29) is 25.2 Å². The zero-order valence-electron chi connectivity index (χ0n) is 25.9. The van der Waals surface area contributed by atoms with Crippen LogP contribution in [0.15, 0.2) is 12.2 Å². The summed E-state index contributed by atoms with van der Waals surface area (Å²) in [6, 6.07) is 0. The molecule has 0 saturated carbocycles. The van der Waals surface area contributed by atoms with Gasteiger partial charge in [-0.3, -0.25) is 9.59 Å². The topological polar surface area (TPSA) is 72.8 Å². The van der Waals surface area contributed by atoms with E-state index in [2.05, 4.69) is 26.0 Å². The first kappa shape index (κ1) is 37.6. The third-order valence-electron chi connectivity index (χ3n) is 7.31. The third-order valence-corrected chi connectivity index (χ3v) is 7.31. The van der Waals surface area contributed by atoms with Crippen molar-refractivity contribution in [1.82, 2.24) is 0 Å². The summed E-state index contributed by atoms with van der Waals surface area (Å²) in [5.41, 5.74) is 0. The highest BCUT2D eigenvalue weighted by Crippen LogP contribution is 2.13. The fraction of sp³-hybridized carbons (Fsp3) is 0.882. The number of hydrogen-bond donors (Lipinski definition) is 1. The first-order chi connectivity index (χ1) is 19.1. The number of carbonyl (C=O) groups is 2. The lowest BCUT2D eigenvalue weighted by Gasteiger charge is -2.15.